The number of hydrogen-bond acceptors (Lipinski definition) is 4. The van der Waals surface area contributed by atoms with E-state index in [9.17, 15) is 9.59 Å². The lowest BCUT2D eigenvalue weighted by molar-refractivity contribution is -0.148. The number of rotatable bonds is 5. The summed E-state index contributed by atoms with van der Waals surface area (Å²) in [4.78, 5) is 23.7. The smallest absolute Gasteiger partial charge is 0.331 e. The summed E-state index contributed by atoms with van der Waals surface area (Å²) >= 11 is 14.9. The van der Waals surface area contributed by atoms with Crippen molar-refractivity contribution in [3.63, 3.8) is 0 Å². The Hall–Kier alpha value is -1.76. The molecule has 0 saturated carbocycles. The molecule has 2 rings (SSSR count). The SMILES string of the molecule is CC(OC(=O)C=Cc1ccc(Br)o1)C(=O)Nc1cc(Cl)cc(Cl)c1. The van der Waals surface area contributed by atoms with Crippen molar-refractivity contribution in [2.24, 2.45) is 0 Å². The summed E-state index contributed by atoms with van der Waals surface area (Å²) in [6.45, 7) is 1.46. The Morgan fingerprint density at radius 2 is 1.92 bits per heavy atom. The zero-order valence-electron chi connectivity index (χ0n) is 12.4. The van der Waals surface area contributed by atoms with E-state index in [4.69, 9.17) is 32.4 Å². The number of anilines is 1. The predicted octanol–water partition coefficient (Wildman–Crippen LogP) is 4.93. The number of furan rings is 1. The molecule has 1 amide bonds. The molecule has 1 heterocycles. The van der Waals surface area contributed by atoms with Crippen LogP contribution in [0, 0.1) is 0 Å². The van der Waals surface area contributed by atoms with Gasteiger partial charge in [0, 0.05) is 21.8 Å². The van der Waals surface area contributed by atoms with E-state index in [1.165, 1.54) is 31.2 Å². The Morgan fingerprint density at radius 3 is 2.50 bits per heavy atom. The van der Waals surface area contributed by atoms with Crippen molar-refractivity contribution in [2.75, 3.05) is 5.32 Å². The Labute approximate surface area is 156 Å². The van der Waals surface area contributed by atoms with Crippen LogP contribution in [0.4, 0.5) is 5.69 Å². The minimum Gasteiger partial charge on any atom is -0.450 e. The lowest BCUT2D eigenvalue weighted by atomic mass is 10.3. The van der Waals surface area contributed by atoms with E-state index in [0.29, 0.717) is 26.2 Å². The number of esters is 1. The lowest BCUT2D eigenvalue weighted by Gasteiger charge is -2.12. The summed E-state index contributed by atoms with van der Waals surface area (Å²) in [6.07, 6.45) is 1.61. The lowest BCUT2D eigenvalue weighted by Crippen LogP contribution is -2.29. The molecule has 1 aromatic heterocycles. The third kappa shape index (κ3) is 5.70. The molecule has 0 aliphatic rings. The molecular weight excluding hydrogens is 421 g/mol. The van der Waals surface area contributed by atoms with Crippen molar-refractivity contribution in [2.45, 2.75) is 13.0 Å². The fourth-order valence-electron chi connectivity index (χ4n) is 1.70. The fraction of sp³-hybridized carbons (Fsp3) is 0.125. The van der Waals surface area contributed by atoms with Crippen molar-refractivity contribution in [3.8, 4) is 0 Å². The summed E-state index contributed by atoms with van der Waals surface area (Å²) < 4.78 is 10.8. The first-order chi connectivity index (χ1) is 11.3. The zero-order chi connectivity index (χ0) is 17.7. The molecule has 24 heavy (non-hydrogen) atoms. The van der Waals surface area contributed by atoms with Crippen LogP contribution >= 0.6 is 39.1 Å². The highest BCUT2D eigenvalue weighted by atomic mass is 79.9. The molecule has 1 unspecified atom stereocenters. The maximum absolute atomic E-state index is 12.0. The number of nitrogens with one attached hydrogen (secondary N) is 1. The third-order valence-corrected chi connectivity index (χ3v) is 3.63. The van der Waals surface area contributed by atoms with E-state index in [2.05, 4.69) is 21.2 Å². The number of carbonyl (C=O) groups excluding carboxylic acids is 2. The molecule has 0 radical (unpaired) electrons. The highest BCUT2D eigenvalue weighted by molar-refractivity contribution is 9.10. The standard InChI is InChI=1S/C16H12BrCl2NO4/c1-9(16(22)20-12-7-10(18)6-11(19)8-12)23-15(21)5-3-13-2-4-14(17)24-13/h2-9H,1H3,(H,20,22). The van der Waals surface area contributed by atoms with Crippen molar-refractivity contribution in [3.05, 3.63) is 56.9 Å². The Morgan fingerprint density at radius 1 is 1.25 bits per heavy atom. The second-order valence-corrected chi connectivity index (χ2v) is 6.36. The van der Waals surface area contributed by atoms with Gasteiger partial charge in [-0.2, -0.15) is 0 Å². The first-order valence-electron chi connectivity index (χ1n) is 6.74. The molecule has 1 N–H and O–H groups in total. The summed E-state index contributed by atoms with van der Waals surface area (Å²) in [7, 11) is 0. The first-order valence-corrected chi connectivity index (χ1v) is 8.29. The van der Waals surface area contributed by atoms with Crippen LogP contribution in [0.5, 0.6) is 0 Å². The second kappa shape index (κ2) is 8.37. The van der Waals surface area contributed by atoms with Gasteiger partial charge >= 0.3 is 5.97 Å². The van der Waals surface area contributed by atoms with Crippen LogP contribution in [0.2, 0.25) is 10.0 Å². The molecule has 126 valence electrons. The summed E-state index contributed by atoms with van der Waals surface area (Å²) in [6, 6.07) is 7.98. The zero-order valence-corrected chi connectivity index (χ0v) is 15.5. The van der Waals surface area contributed by atoms with E-state index < -0.39 is 18.0 Å². The molecule has 2 aromatic rings. The van der Waals surface area contributed by atoms with Gasteiger partial charge in [0.05, 0.1) is 0 Å². The van der Waals surface area contributed by atoms with Crippen molar-refractivity contribution < 1.29 is 18.7 Å². The maximum atomic E-state index is 12.0. The molecule has 5 nitrogen and oxygen atoms in total. The Balaban J connectivity index is 1.90. The molecule has 0 aliphatic carbocycles. The summed E-state index contributed by atoms with van der Waals surface area (Å²) in [5.41, 5.74) is 0.413. The van der Waals surface area contributed by atoms with Gasteiger partial charge in [-0.15, -0.1) is 0 Å². The van der Waals surface area contributed by atoms with Crippen LogP contribution in [0.15, 0.2) is 45.5 Å². The number of ether oxygens (including phenoxy) is 1. The van der Waals surface area contributed by atoms with Gasteiger partial charge in [-0.1, -0.05) is 23.2 Å². The van der Waals surface area contributed by atoms with Gasteiger partial charge in [-0.3, -0.25) is 4.79 Å². The van der Waals surface area contributed by atoms with E-state index in [1.807, 2.05) is 0 Å². The largest absolute Gasteiger partial charge is 0.450 e. The van der Waals surface area contributed by atoms with Crippen LogP contribution in [-0.4, -0.2) is 18.0 Å². The number of halogens is 3. The fourth-order valence-corrected chi connectivity index (χ4v) is 2.55. The predicted molar refractivity (Wildman–Crippen MR) is 96.1 cm³/mol. The number of amides is 1. The number of benzene rings is 1. The van der Waals surface area contributed by atoms with E-state index in [-0.39, 0.29) is 0 Å². The van der Waals surface area contributed by atoms with Gasteiger partial charge in [0.2, 0.25) is 0 Å². The minimum absolute atomic E-state index is 0.384. The van der Waals surface area contributed by atoms with Gasteiger partial charge < -0.3 is 14.5 Å². The third-order valence-electron chi connectivity index (χ3n) is 2.77. The molecule has 1 atom stereocenters. The van der Waals surface area contributed by atoms with Gasteiger partial charge in [-0.05, 0) is 59.3 Å². The molecule has 0 fully saturated rings. The topological polar surface area (TPSA) is 68.5 Å². The van der Waals surface area contributed by atoms with Crippen LogP contribution in [-0.2, 0) is 14.3 Å². The van der Waals surface area contributed by atoms with Gasteiger partial charge in [0.1, 0.15) is 5.76 Å². The number of hydrogen-bond donors (Lipinski definition) is 1. The van der Waals surface area contributed by atoms with Gasteiger partial charge in [-0.25, -0.2) is 4.79 Å². The van der Waals surface area contributed by atoms with Crippen molar-refractivity contribution in [1.29, 1.82) is 0 Å². The van der Waals surface area contributed by atoms with E-state index >= 15 is 0 Å². The molecular formula is C16H12BrCl2NO4. The highest BCUT2D eigenvalue weighted by Gasteiger charge is 2.17. The maximum Gasteiger partial charge on any atom is 0.331 e. The quantitative estimate of drug-likeness (QED) is 0.537. The normalized spacial score (nSPS) is 12.2. The molecule has 8 heteroatoms. The van der Waals surface area contributed by atoms with Crippen molar-refractivity contribution in [1.82, 2.24) is 0 Å². The van der Waals surface area contributed by atoms with Crippen LogP contribution in [0.1, 0.15) is 12.7 Å². The molecule has 0 spiro atoms. The monoisotopic (exact) mass is 431 g/mol. The number of carbonyl (C=O) groups is 2. The van der Waals surface area contributed by atoms with Gasteiger partial charge in [0.25, 0.3) is 5.91 Å². The van der Waals surface area contributed by atoms with E-state index in [1.54, 1.807) is 18.2 Å². The van der Waals surface area contributed by atoms with Crippen LogP contribution in [0.3, 0.4) is 0 Å². The highest BCUT2D eigenvalue weighted by Crippen LogP contribution is 2.22. The molecule has 0 bridgehead atoms. The minimum atomic E-state index is -0.997. The van der Waals surface area contributed by atoms with Crippen molar-refractivity contribution >= 4 is 62.8 Å². The molecule has 0 saturated heterocycles. The average molecular weight is 433 g/mol. The summed E-state index contributed by atoms with van der Waals surface area (Å²) in [5, 5.41) is 3.34. The van der Waals surface area contributed by atoms with Crippen LogP contribution < -0.4 is 5.32 Å². The van der Waals surface area contributed by atoms with E-state index in [0.717, 1.165) is 0 Å². The summed E-state index contributed by atoms with van der Waals surface area (Å²) in [5.74, 6) is -0.699. The van der Waals surface area contributed by atoms with Crippen LogP contribution in [0.25, 0.3) is 6.08 Å². The molecule has 1 aromatic carbocycles. The van der Waals surface area contributed by atoms with Gasteiger partial charge in [0.15, 0.2) is 10.8 Å². The average Bonchev–Trinajstić information content (AvgIpc) is 2.89. The Bertz CT molecular complexity index is 768. The second-order valence-electron chi connectivity index (χ2n) is 4.70. The first kappa shape index (κ1) is 18.6. The molecule has 0 aliphatic heterocycles. The Kier molecular flexibility index (Phi) is 6.48.